The minimum atomic E-state index is -0.157. The molecule has 0 spiro atoms. The summed E-state index contributed by atoms with van der Waals surface area (Å²) in [5.74, 6) is 0.661. The molecule has 0 aliphatic heterocycles. The van der Waals surface area contributed by atoms with Crippen LogP contribution in [-0.2, 0) is 11.2 Å². The minimum absolute atomic E-state index is 0.00435. The summed E-state index contributed by atoms with van der Waals surface area (Å²) in [5, 5.41) is 2.71. The molecule has 0 bridgehead atoms. The van der Waals surface area contributed by atoms with Gasteiger partial charge in [-0.25, -0.2) is 0 Å². The van der Waals surface area contributed by atoms with Gasteiger partial charge in [0.1, 0.15) is 11.6 Å². The summed E-state index contributed by atoms with van der Waals surface area (Å²) in [7, 11) is 1.63. The van der Waals surface area contributed by atoms with Crippen LogP contribution in [0.1, 0.15) is 5.56 Å². The van der Waals surface area contributed by atoms with E-state index >= 15 is 0 Å². The van der Waals surface area contributed by atoms with Crippen LogP contribution in [0.25, 0.3) is 0 Å². The quantitative estimate of drug-likeness (QED) is 0.848. The van der Waals surface area contributed by atoms with Crippen molar-refractivity contribution in [3.8, 4) is 5.75 Å². The number of amides is 1. The summed E-state index contributed by atoms with van der Waals surface area (Å²) in [5.41, 5.74) is 1.05. The third-order valence-corrected chi connectivity index (χ3v) is 2.82. The van der Waals surface area contributed by atoms with E-state index in [1.807, 2.05) is 18.2 Å². The summed E-state index contributed by atoms with van der Waals surface area (Å²) in [6.45, 7) is 0.554. The Hall–Kier alpha value is -0.740. The van der Waals surface area contributed by atoms with E-state index in [2.05, 4.69) is 21.2 Å². The normalized spacial score (nSPS) is 9.94. The highest BCUT2D eigenvalue weighted by Crippen LogP contribution is 2.22. The van der Waals surface area contributed by atoms with Gasteiger partial charge in [-0.2, -0.15) is 0 Å². The Morgan fingerprint density at radius 2 is 2.31 bits per heavy atom. The molecule has 0 aliphatic rings. The van der Waals surface area contributed by atoms with E-state index in [1.54, 1.807) is 7.11 Å². The van der Waals surface area contributed by atoms with Crippen LogP contribution in [0.15, 0.2) is 22.7 Å². The molecule has 0 unspecified atom stereocenters. The number of halogens is 2. The number of alkyl halides is 1. The van der Waals surface area contributed by atoms with Crippen molar-refractivity contribution >= 4 is 33.4 Å². The predicted molar refractivity (Wildman–Crippen MR) is 68.1 cm³/mol. The molecular formula is C11H13BrClNO2. The average Bonchev–Trinajstić information content (AvgIpc) is 2.29. The van der Waals surface area contributed by atoms with Gasteiger partial charge in [-0.05, 0) is 30.2 Å². The molecule has 0 saturated heterocycles. The average molecular weight is 307 g/mol. The zero-order valence-electron chi connectivity index (χ0n) is 8.93. The monoisotopic (exact) mass is 305 g/mol. The molecule has 0 atom stereocenters. The molecule has 0 radical (unpaired) electrons. The summed E-state index contributed by atoms with van der Waals surface area (Å²) >= 11 is 8.77. The second-order valence-electron chi connectivity index (χ2n) is 3.19. The van der Waals surface area contributed by atoms with Crippen molar-refractivity contribution in [3.05, 3.63) is 28.2 Å². The number of carbonyl (C=O) groups excluding carboxylic acids is 1. The fraction of sp³-hybridized carbons (Fsp3) is 0.364. The largest absolute Gasteiger partial charge is 0.496 e. The van der Waals surface area contributed by atoms with E-state index in [1.165, 1.54) is 0 Å². The maximum atomic E-state index is 10.9. The van der Waals surface area contributed by atoms with Gasteiger partial charge < -0.3 is 10.1 Å². The van der Waals surface area contributed by atoms with Crippen LogP contribution in [0.4, 0.5) is 0 Å². The maximum Gasteiger partial charge on any atom is 0.234 e. The summed E-state index contributed by atoms with van der Waals surface area (Å²) in [4.78, 5) is 10.9. The van der Waals surface area contributed by atoms with Gasteiger partial charge in [0.15, 0.2) is 0 Å². The number of methoxy groups -OCH3 is 1. The van der Waals surface area contributed by atoms with Crippen LogP contribution >= 0.6 is 27.5 Å². The number of carbonyl (C=O) groups is 1. The highest BCUT2D eigenvalue weighted by atomic mass is 79.9. The van der Waals surface area contributed by atoms with Crippen LogP contribution in [-0.4, -0.2) is 25.4 Å². The highest BCUT2D eigenvalue weighted by molar-refractivity contribution is 9.10. The Labute approximate surface area is 108 Å². The lowest BCUT2D eigenvalue weighted by Crippen LogP contribution is -2.26. The lowest BCUT2D eigenvalue weighted by atomic mass is 10.1. The topological polar surface area (TPSA) is 38.3 Å². The van der Waals surface area contributed by atoms with Gasteiger partial charge in [-0.15, -0.1) is 11.6 Å². The van der Waals surface area contributed by atoms with Gasteiger partial charge in [0.2, 0.25) is 5.91 Å². The van der Waals surface area contributed by atoms with E-state index in [0.29, 0.717) is 13.0 Å². The number of benzene rings is 1. The number of ether oxygens (including phenoxy) is 1. The molecule has 0 saturated carbocycles. The smallest absolute Gasteiger partial charge is 0.234 e. The van der Waals surface area contributed by atoms with Crippen molar-refractivity contribution < 1.29 is 9.53 Å². The molecular weight excluding hydrogens is 293 g/mol. The first-order valence-corrected chi connectivity index (χ1v) is 6.15. The Balaban J connectivity index is 2.58. The molecule has 1 N–H and O–H groups in total. The first kappa shape index (κ1) is 13.3. The Kier molecular flexibility index (Phi) is 5.63. The number of hydrogen-bond donors (Lipinski definition) is 1. The summed E-state index contributed by atoms with van der Waals surface area (Å²) in [6, 6.07) is 5.79. The van der Waals surface area contributed by atoms with Gasteiger partial charge in [0.05, 0.1) is 7.11 Å². The second kappa shape index (κ2) is 6.76. The van der Waals surface area contributed by atoms with Crippen molar-refractivity contribution in [3.63, 3.8) is 0 Å². The second-order valence-corrected chi connectivity index (χ2v) is 4.37. The molecule has 1 aromatic carbocycles. The molecule has 1 aromatic rings. The van der Waals surface area contributed by atoms with Crippen LogP contribution in [0, 0.1) is 0 Å². The third-order valence-electron chi connectivity index (χ3n) is 2.08. The third kappa shape index (κ3) is 4.02. The van der Waals surface area contributed by atoms with Crippen molar-refractivity contribution in [1.29, 1.82) is 0 Å². The van der Waals surface area contributed by atoms with Crippen LogP contribution < -0.4 is 10.1 Å². The van der Waals surface area contributed by atoms with E-state index in [-0.39, 0.29) is 11.8 Å². The van der Waals surface area contributed by atoms with Crippen molar-refractivity contribution in [1.82, 2.24) is 5.32 Å². The van der Waals surface area contributed by atoms with Gasteiger partial charge in [-0.3, -0.25) is 4.79 Å². The molecule has 0 fully saturated rings. The van der Waals surface area contributed by atoms with E-state index in [4.69, 9.17) is 16.3 Å². The van der Waals surface area contributed by atoms with Crippen LogP contribution in [0.3, 0.4) is 0 Å². The lowest BCUT2D eigenvalue weighted by molar-refractivity contribution is -0.118. The fourth-order valence-corrected chi connectivity index (χ4v) is 1.83. The number of nitrogens with one attached hydrogen (secondary N) is 1. The summed E-state index contributed by atoms with van der Waals surface area (Å²) < 4.78 is 6.22. The Morgan fingerprint density at radius 1 is 1.56 bits per heavy atom. The highest BCUT2D eigenvalue weighted by Gasteiger charge is 2.04. The molecule has 0 aromatic heterocycles. The number of hydrogen-bond acceptors (Lipinski definition) is 2. The Morgan fingerprint density at radius 3 is 2.94 bits per heavy atom. The van der Waals surface area contributed by atoms with E-state index in [0.717, 1.165) is 15.8 Å². The van der Waals surface area contributed by atoms with Crippen molar-refractivity contribution in [2.24, 2.45) is 0 Å². The lowest BCUT2D eigenvalue weighted by Gasteiger charge is -2.09. The molecule has 0 heterocycles. The van der Waals surface area contributed by atoms with Crippen molar-refractivity contribution in [2.45, 2.75) is 6.42 Å². The van der Waals surface area contributed by atoms with Crippen LogP contribution in [0.2, 0.25) is 0 Å². The predicted octanol–water partition coefficient (Wildman–Crippen LogP) is 2.36. The molecule has 88 valence electrons. The standard InChI is InChI=1S/C11H13BrClNO2/c1-16-10-3-2-9(12)6-8(10)4-5-14-11(15)7-13/h2-3,6H,4-5,7H2,1H3,(H,14,15). The maximum absolute atomic E-state index is 10.9. The van der Waals surface area contributed by atoms with E-state index < -0.39 is 0 Å². The number of rotatable bonds is 5. The first-order chi connectivity index (χ1) is 7.67. The van der Waals surface area contributed by atoms with Crippen LogP contribution in [0.5, 0.6) is 5.75 Å². The van der Waals surface area contributed by atoms with Gasteiger partial charge in [0, 0.05) is 11.0 Å². The van der Waals surface area contributed by atoms with Gasteiger partial charge in [0.25, 0.3) is 0 Å². The first-order valence-electron chi connectivity index (χ1n) is 4.82. The van der Waals surface area contributed by atoms with E-state index in [9.17, 15) is 4.79 Å². The SMILES string of the molecule is COc1ccc(Br)cc1CCNC(=O)CCl. The molecule has 3 nitrogen and oxygen atoms in total. The van der Waals surface area contributed by atoms with Gasteiger partial charge in [-0.1, -0.05) is 15.9 Å². The molecule has 1 rings (SSSR count). The molecule has 16 heavy (non-hydrogen) atoms. The molecule has 5 heteroatoms. The molecule has 1 amide bonds. The Bertz CT molecular complexity index is 371. The fourth-order valence-electron chi connectivity index (χ4n) is 1.33. The zero-order valence-corrected chi connectivity index (χ0v) is 11.3. The zero-order chi connectivity index (χ0) is 12.0. The minimum Gasteiger partial charge on any atom is -0.496 e. The molecule has 0 aliphatic carbocycles. The van der Waals surface area contributed by atoms with Gasteiger partial charge >= 0.3 is 0 Å². The van der Waals surface area contributed by atoms with Crippen molar-refractivity contribution in [2.75, 3.05) is 19.5 Å². The summed E-state index contributed by atoms with van der Waals surface area (Å²) in [6.07, 6.45) is 0.714.